The molecule has 2 aliphatic heterocycles. The summed E-state index contributed by atoms with van der Waals surface area (Å²) in [6.07, 6.45) is 8.08. The van der Waals surface area contributed by atoms with Crippen LogP contribution in [-0.2, 0) is 9.53 Å². The van der Waals surface area contributed by atoms with Gasteiger partial charge in [0.05, 0.1) is 12.2 Å². The van der Waals surface area contributed by atoms with Gasteiger partial charge in [-0.25, -0.2) is 4.79 Å². The first kappa shape index (κ1) is 15.4. The molecule has 0 N–H and O–H groups in total. The molecule has 0 aromatic heterocycles. The molecule has 0 bridgehead atoms. The third kappa shape index (κ3) is 3.02. The largest absolute Gasteiger partial charge is 0.463 e. The van der Waals surface area contributed by atoms with E-state index in [2.05, 4.69) is 18.7 Å². The number of fused-ring (bicyclic) bond motifs is 1. The molecule has 0 radical (unpaired) electrons. The van der Waals surface area contributed by atoms with E-state index in [0.29, 0.717) is 18.6 Å². The number of esters is 1. The molecule has 0 aromatic rings. The van der Waals surface area contributed by atoms with E-state index in [9.17, 15) is 4.79 Å². The molecule has 2 rings (SSSR count). The summed E-state index contributed by atoms with van der Waals surface area (Å²) >= 11 is 0. The number of piperidine rings is 1. The maximum atomic E-state index is 12.3. The van der Waals surface area contributed by atoms with Crippen LogP contribution in [0.25, 0.3) is 0 Å². The molecule has 114 valence electrons. The summed E-state index contributed by atoms with van der Waals surface area (Å²) in [6, 6.07) is 0.637. The van der Waals surface area contributed by atoms with Crippen LogP contribution in [0.2, 0.25) is 0 Å². The lowest BCUT2D eigenvalue weighted by molar-refractivity contribution is -0.139. The van der Waals surface area contributed by atoms with Gasteiger partial charge >= 0.3 is 5.97 Å². The van der Waals surface area contributed by atoms with Gasteiger partial charge in [0.15, 0.2) is 0 Å². The molecular formula is C17H29NO2. The second-order valence-corrected chi connectivity index (χ2v) is 6.02. The van der Waals surface area contributed by atoms with Gasteiger partial charge in [-0.2, -0.15) is 0 Å². The van der Waals surface area contributed by atoms with Crippen LogP contribution in [0.3, 0.4) is 0 Å². The minimum atomic E-state index is -0.0669. The standard InChI is InChI=1S/C17H29NO2/c1-4-9-15-13(5-2)12-14(17(19)20-6-3)16-10-7-8-11-18(15)16/h13,15H,4-12H2,1-3H3/t13-,15+/m0/s1. The van der Waals surface area contributed by atoms with Gasteiger partial charge in [0, 0.05) is 18.3 Å². The molecule has 3 heteroatoms. The topological polar surface area (TPSA) is 29.5 Å². The Labute approximate surface area is 123 Å². The summed E-state index contributed by atoms with van der Waals surface area (Å²) in [6.45, 7) is 8.01. The molecule has 1 saturated heterocycles. The van der Waals surface area contributed by atoms with Crippen LogP contribution in [-0.4, -0.2) is 30.1 Å². The Morgan fingerprint density at radius 2 is 2.10 bits per heavy atom. The van der Waals surface area contributed by atoms with Gasteiger partial charge in [-0.15, -0.1) is 0 Å². The lowest BCUT2D eigenvalue weighted by Crippen LogP contribution is -2.47. The number of rotatable bonds is 5. The summed E-state index contributed by atoms with van der Waals surface area (Å²) in [5.41, 5.74) is 2.28. The van der Waals surface area contributed by atoms with Crippen molar-refractivity contribution in [1.29, 1.82) is 0 Å². The number of carbonyl (C=O) groups is 1. The molecule has 1 fully saturated rings. The minimum Gasteiger partial charge on any atom is -0.463 e. The molecule has 0 amide bonds. The van der Waals surface area contributed by atoms with E-state index in [4.69, 9.17) is 4.74 Å². The normalized spacial score (nSPS) is 26.4. The highest BCUT2D eigenvalue weighted by Gasteiger charge is 2.37. The van der Waals surface area contributed by atoms with Gasteiger partial charge in [-0.3, -0.25) is 0 Å². The second-order valence-electron chi connectivity index (χ2n) is 6.02. The van der Waals surface area contributed by atoms with Crippen molar-refractivity contribution in [2.75, 3.05) is 13.2 Å². The van der Waals surface area contributed by atoms with Gasteiger partial charge in [-0.05, 0) is 44.9 Å². The zero-order chi connectivity index (χ0) is 14.5. The van der Waals surface area contributed by atoms with Crippen molar-refractivity contribution in [1.82, 2.24) is 4.90 Å². The van der Waals surface area contributed by atoms with Crippen molar-refractivity contribution >= 4 is 5.97 Å². The first-order chi connectivity index (χ1) is 9.72. The van der Waals surface area contributed by atoms with Crippen LogP contribution >= 0.6 is 0 Å². The van der Waals surface area contributed by atoms with E-state index < -0.39 is 0 Å². The van der Waals surface area contributed by atoms with E-state index in [1.54, 1.807) is 0 Å². The third-order valence-corrected chi connectivity index (χ3v) is 4.80. The lowest BCUT2D eigenvalue weighted by Gasteiger charge is -2.47. The molecule has 0 aliphatic carbocycles. The van der Waals surface area contributed by atoms with Gasteiger partial charge < -0.3 is 9.64 Å². The number of ether oxygens (including phenoxy) is 1. The summed E-state index contributed by atoms with van der Waals surface area (Å²) in [5, 5.41) is 0. The summed E-state index contributed by atoms with van der Waals surface area (Å²) < 4.78 is 5.29. The lowest BCUT2D eigenvalue weighted by atomic mass is 9.79. The van der Waals surface area contributed by atoms with E-state index in [0.717, 1.165) is 31.4 Å². The van der Waals surface area contributed by atoms with E-state index in [1.807, 2.05) is 6.92 Å². The van der Waals surface area contributed by atoms with Crippen LogP contribution in [0.5, 0.6) is 0 Å². The Hall–Kier alpha value is -0.990. The predicted molar refractivity (Wildman–Crippen MR) is 81.3 cm³/mol. The Bertz CT molecular complexity index is 375. The van der Waals surface area contributed by atoms with Gasteiger partial charge in [-0.1, -0.05) is 26.7 Å². The Balaban J connectivity index is 2.30. The van der Waals surface area contributed by atoms with Crippen molar-refractivity contribution < 1.29 is 9.53 Å². The summed E-state index contributed by atoms with van der Waals surface area (Å²) in [5.74, 6) is 0.541. The molecule has 0 aromatic carbocycles. The van der Waals surface area contributed by atoms with Crippen LogP contribution < -0.4 is 0 Å². The molecule has 20 heavy (non-hydrogen) atoms. The number of hydrogen-bond acceptors (Lipinski definition) is 3. The highest BCUT2D eigenvalue weighted by molar-refractivity contribution is 5.89. The third-order valence-electron chi connectivity index (χ3n) is 4.80. The van der Waals surface area contributed by atoms with E-state index in [1.165, 1.54) is 31.4 Å². The second kappa shape index (κ2) is 7.14. The highest BCUT2D eigenvalue weighted by Crippen LogP contribution is 2.40. The number of hydrogen-bond donors (Lipinski definition) is 0. The maximum Gasteiger partial charge on any atom is 0.335 e. The number of allylic oxidation sites excluding steroid dienone is 1. The molecule has 0 spiro atoms. The van der Waals surface area contributed by atoms with Gasteiger partial charge in [0.25, 0.3) is 0 Å². The smallest absolute Gasteiger partial charge is 0.335 e. The Morgan fingerprint density at radius 3 is 2.75 bits per heavy atom. The van der Waals surface area contributed by atoms with Crippen LogP contribution in [0.4, 0.5) is 0 Å². The molecular weight excluding hydrogens is 250 g/mol. The molecule has 2 atom stereocenters. The fourth-order valence-corrected chi connectivity index (χ4v) is 3.84. The zero-order valence-electron chi connectivity index (χ0n) is 13.3. The van der Waals surface area contributed by atoms with Crippen molar-refractivity contribution in [2.45, 2.75) is 71.8 Å². The van der Waals surface area contributed by atoms with Gasteiger partial charge in [0.2, 0.25) is 0 Å². The predicted octanol–water partition coefficient (Wildman–Crippen LogP) is 3.89. The molecule has 2 aliphatic rings. The Kier molecular flexibility index (Phi) is 5.50. The van der Waals surface area contributed by atoms with Crippen LogP contribution in [0.1, 0.15) is 65.7 Å². The number of nitrogens with zero attached hydrogens (tertiary/aromatic N) is 1. The quantitative estimate of drug-likeness (QED) is 0.715. The van der Waals surface area contributed by atoms with Gasteiger partial charge in [0.1, 0.15) is 0 Å². The average Bonchev–Trinajstić information content (AvgIpc) is 2.48. The monoisotopic (exact) mass is 279 g/mol. The Morgan fingerprint density at radius 1 is 1.30 bits per heavy atom. The summed E-state index contributed by atoms with van der Waals surface area (Å²) in [4.78, 5) is 14.8. The number of carbonyl (C=O) groups excluding carboxylic acids is 1. The SMILES string of the molecule is CCC[C@@H]1[C@@H](CC)CC(C(=O)OCC)=C2CCCCN21. The zero-order valence-corrected chi connectivity index (χ0v) is 13.3. The minimum absolute atomic E-state index is 0.0669. The van der Waals surface area contributed by atoms with E-state index in [-0.39, 0.29) is 5.97 Å². The molecule has 0 saturated carbocycles. The fraction of sp³-hybridized carbons (Fsp3) is 0.824. The van der Waals surface area contributed by atoms with Crippen molar-refractivity contribution in [3.8, 4) is 0 Å². The van der Waals surface area contributed by atoms with E-state index >= 15 is 0 Å². The van der Waals surface area contributed by atoms with Crippen LogP contribution in [0, 0.1) is 5.92 Å². The highest BCUT2D eigenvalue weighted by atomic mass is 16.5. The molecule has 0 unspecified atom stereocenters. The molecule has 2 heterocycles. The first-order valence-electron chi connectivity index (χ1n) is 8.38. The molecule has 3 nitrogen and oxygen atoms in total. The first-order valence-corrected chi connectivity index (χ1v) is 8.38. The maximum absolute atomic E-state index is 12.3. The fourth-order valence-electron chi connectivity index (χ4n) is 3.84. The van der Waals surface area contributed by atoms with Crippen LogP contribution in [0.15, 0.2) is 11.3 Å². The van der Waals surface area contributed by atoms with Crippen molar-refractivity contribution in [2.24, 2.45) is 5.92 Å². The van der Waals surface area contributed by atoms with Crippen molar-refractivity contribution in [3.63, 3.8) is 0 Å². The average molecular weight is 279 g/mol. The summed E-state index contributed by atoms with van der Waals surface area (Å²) in [7, 11) is 0. The van der Waals surface area contributed by atoms with Crippen molar-refractivity contribution in [3.05, 3.63) is 11.3 Å².